The fraction of sp³-hybridized carbons (Fsp3) is 0.600. The van der Waals surface area contributed by atoms with Gasteiger partial charge in [-0.05, 0) is 38.8 Å². The van der Waals surface area contributed by atoms with Crippen molar-refractivity contribution in [2.24, 2.45) is 0 Å². The number of amides is 3. The Labute approximate surface area is 156 Å². The Balaban J connectivity index is 1.91. The monoisotopic (exact) mass is 361 g/mol. The Hall–Kier alpha value is -2.08. The van der Waals surface area contributed by atoms with Crippen LogP contribution < -0.4 is 10.2 Å². The van der Waals surface area contributed by atoms with Crippen molar-refractivity contribution in [2.75, 3.05) is 31.1 Å². The van der Waals surface area contributed by atoms with Gasteiger partial charge in [-0.15, -0.1) is 0 Å². The summed E-state index contributed by atoms with van der Waals surface area (Å²) in [7, 11) is 0. The number of hydrogen-bond donors (Lipinski definition) is 1. The van der Waals surface area contributed by atoms with E-state index in [0.717, 1.165) is 18.5 Å². The van der Waals surface area contributed by atoms with Crippen molar-refractivity contribution in [2.45, 2.75) is 52.2 Å². The number of hydrogen-bond acceptors (Lipinski definition) is 3. The predicted molar refractivity (Wildman–Crippen MR) is 103 cm³/mol. The van der Waals surface area contributed by atoms with Gasteiger partial charge in [0.2, 0.25) is 5.91 Å². The second kappa shape index (κ2) is 10.2. The number of para-hydroxylation sites is 1. The summed E-state index contributed by atoms with van der Waals surface area (Å²) in [6, 6.07) is 9.89. The number of anilines is 1. The van der Waals surface area contributed by atoms with E-state index in [2.05, 4.69) is 5.32 Å². The van der Waals surface area contributed by atoms with Gasteiger partial charge in [0.25, 0.3) is 0 Å². The number of nitrogens with zero attached hydrogens (tertiary/aromatic N) is 2. The van der Waals surface area contributed by atoms with Crippen molar-refractivity contribution in [3.63, 3.8) is 0 Å². The van der Waals surface area contributed by atoms with E-state index in [1.807, 2.05) is 60.9 Å². The smallest absolute Gasteiger partial charge is 0.317 e. The minimum atomic E-state index is -0.0527. The minimum absolute atomic E-state index is 0.0113. The van der Waals surface area contributed by atoms with Gasteiger partial charge in [-0.3, -0.25) is 4.79 Å². The number of ether oxygens (including phenoxy) is 1. The van der Waals surface area contributed by atoms with E-state index in [1.165, 1.54) is 0 Å². The maximum absolute atomic E-state index is 12.5. The van der Waals surface area contributed by atoms with Crippen LogP contribution in [0.5, 0.6) is 0 Å². The van der Waals surface area contributed by atoms with E-state index in [9.17, 15) is 9.59 Å². The van der Waals surface area contributed by atoms with Gasteiger partial charge in [0.1, 0.15) is 0 Å². The normalized spacial score (nSPS) is 16.2. The summed E-state index contributed by atoms with van der Waals surface area (Å²) in [5, 5.41) is 2.93. The maximum atomic E-state index is 12.5. The quantitative estimate of drug-likeness (QED) is 0.812. The topological polar surface area (TPSA) is 61.9 Å². The average Bonchev–Trinajstić information content (AvgIpc) is 2.67. The van der Waals surface area contributed by atoms with E-state index in [0.29, 0.717) is 32.7 Å². The van der Waals surface area contributed by atoms with Gasteiger partial charge in [0.15, 0.2) is 0 Å². The third kappa shape index (κ3) is 5.46. The molecular weight excluding hydrogens is 330 g/mol. The summed E-state index contributed by atoms with van der Waals surface area (Å²) >= 11 is 0. The Morgan fingerprint density at radius 1 is 1.23 bits per heavy atom. The van der Waals surface area contributed by atoms with E-state index >= 15 is 0 Å². The van der Waals surface area contributed by atoms with Gasteiger partial charge in [-0.2, -0.15) is 0 Å². The van der Waals surface area contributed by atoms with Gasteiger partial charge < -0.3 is 19.9 Å². The molecule has 1 aliphatic rings. The number of carbonyl (C=O) groups excluding carboxylic acids is 2. The Bertz CT molecular complexity index is 571. The van der Waals surface area contributed by atoms with Crippen LogP contribution in [-0.4, -0.2) is 55.2 Å². The van der Waals surface area contributed by atoms with Crippen molar-refractivity contribution in [1.29, 1.82) is 0 Å². The van der Waals surface area contributed by atoms with Gasteiger partial charge in [0.05, 0.1) is 6.10 Å². The zero-order valence-electron chi connectivity index (χ0n) is 16.1. The highest BCUT2D eigenvalue weighted by atomic mass is 16.5. The first kappa shape index (κ1) is 20.2. The van der Waals surface area contributed by atoms with Crippen LogP contribution >= 0.6 is 0 Å². The molecule has 1 heterocycles. The lowest BCUT2D eigenvalue weighted by Gasteiger charge is -2.38. The van der Waals surface area contributed by atoms with Crippen molar-refractivity contribution in [1.82, 2.24) is 10.2 Å². The fourth-order valence-electron chi connectivity index (χ4n) is 3.33. The fourth-order valence-corrected chi connectivity index (χ4v) is 3.33. The molecule has 3 amide bonds. The molecule has 1 aromatic rings. The van der Waals surface area contributed by atoms with E-state index < -0.39 is 0 Å². The van der Waals surface area contributed by atoms with Crippen LogP contribution in [0.3, 0.4) is 0 Å². The first-order valence-electron chi connectivity index (χ1n) is 9.58. The SMILES string of the molecule is CCOC(C)CNC(=O)N1CCC(N(C(=O)CC)c2ccccc2)CC1. The molecular formula is C20H31N3O3. The van der Waals surface area contributed by atoms with Crippen molar-refractivity contribution in [3.8, 4) is 0 Å². The number of benzene rings is 1. The highest BCUT2D eigenvalue weighted by Crippen LogP contribution is 2.24. The molecule has 2 rings (SSSR count). The predicted octanol–water partition coefficient (Wildman–Crippen LogP) is 3.03. The van der Waals surface area contributed by atoms with Gasteiger partial charge >= 0.3 is 6.03 Å². The summed E-state index contributed by atoms with van der Waals surface area (Å²) < 4.78 is 5.44. The van der Waals surface area contributed by atoms with Crippen molar-refractivity contribution < 1.29 is 14.3 Å². The lowest BCUT2D eigenvalue weighted by molar-refractivity contribution is -0.119. The largest absolute Gasteiger partial charge is 0.377 e. The molecule has 6 nitrogen and oxygen atoms in total. The first-order valence-corrected chi connectivity index (χ1v) is 9.58. The molecule has 1 N–H and O–H groups in total. The standard InChI is InChI=1S/C20H31N3O3/c1-4-19(24)23(17-9-7-6-8-10-17)18-11-13-22(14-12-18)20(25)21-15-16(3)26-5-2/h6-10,16,18H,4-5,11-15H2,1-3H3,(H,21,25). The Kier molecular flexibility index (Phi) is 7.91. The van der Waals surface area contributed by atoms with E-state index in [4.69, 9.17) is 4.74 Å². The van der Waals surface area contributed by atoms with Gasteiger partial charge in [-0.1, -0.05) is 25.1 Å². The van der Waals surface area contributed by atoms with Crippen LogP contribution in [0.4, 0.5) is 10.5 Å². The summed E-state index contributed by atoms with van der Waals surface area (Å²) in [6.45, 7) is 8.24. The molecule has 144 valence electrons. The number of nitrogens with one attached hydrogen (secondary N) is 1. The third-order valence-corrected chi connectivity index (χ3v) is 4.71. The molecule has 0 bridgehead atoms. The van der Waals surface area contributed by atoms with Crippen LogP contribution in [0.2, 0.25) is 0 Å². The van der Waals surface area contributed by atoms with E-state index in [-0.39, 0.29) is 24.1 Å². The van der Waals surface area contributed by atoms with Crippen molar-refractivity contribution in [3.05, 3.63) is 30.3 Å². The Morgan fingerprint density at radius 3 is 2.46 bits per heavy atom. The molecule has 0 radical (unpaired) electrons. The molecule has 1 fully saturated rings. The van der Waals surface area contributed by atoms with Gasteiger partial charge in [0, 0.05) is 44.4 Å². The molecule has 1 atom stereocenters. The average molecular weight is 361 g/mol. The second-order valence-corrected chi connectivity index (χ2v) is 6.62. The molecule has 1 aromatic carbocycles. The molecule has 1 aliphatic heterocycles. The van der Waals surface area contributed by atoms with E-state index in [1.54, 1.807) is 0 Å². The third-order valence-electron chi connectivity index (χ3n) is 4.71. The highest BCUT2D eigenvalue weighted by molar-refractivity contribution is 5.93. The lowest BCUT2D eigenvalue weighted by atomic mass is 10.0. The highest BCUT2D eigenvalue weighted by Gasteiger charge is 2.30. The first-order chi connectivity index (χ1) is 12.6. The zero-order chi connectivity index (χ0) is 18.9. The Morgan fingerprint density at radius 2 is 1.88 bits per heavy atom. The second-order valence-electron chi connectivity index (χ2n) is 6.62. The number of rotatable bonds is 7. The molecule has 26 heavy (non-hydrogen) atoms. The van der Waals surface area contributed by atoms with Gasteiger partial charge in [-0.25, -0.2) is 4.79 Å². The summed E-state index contributed by atoms with van der Waals surface area (Å²) in [5.41, 5.74) is 0.938. The van der Waals surface area contributed by atoms with Crippen LogP contribution in [0.1, 0.15) is 40.0 Å². The number of piperidine rings is 1. The molecule has 0 saturated carbocycles. The molecule has 0 spiro atoms. The zero-order valence-corrected chi connectivity index (χ0v) is 16.1. The molecule has 6 heteroatoms. The molecule has 0 aliphatic carbocycles. The minimum Gasteiger partial charge on any atom is -0.377 e. The maximum Gasteiger partial charge on any atom is 0.317 e. The number of urea groups is 1. The summed E-state index contributed by atoms with van der Waals surface area (Å²) in [5.74, 6) is 0.129. The van der Waals surface area contributed by atoms with Crippen molar-refractivity contribution >= 4 is 17.6 Å². The molecule has 0 aromatic heterocycles. The van der Waals surface area contributed by atoms with Crippen LogP contribution in [0.25, 0.3) is 0 Å². The number of carbonyl (C=O) groups is 2. The summed E-state index contributed by atoms with van der Waals surface area (Å²) in [6.07, 6.45) is 2.06. The van der Waals surface area contributed by atoms with Crippen LogP contribution in [-0.2, 0) is 9.53 Å². The number of likely N-dealkylation sites (tertiary alicyclic amines) is 1. The summed E-state index contributed by atoms with van der Waals surface area (Å²) in [4.78, 5) is 28.5. The lowest BCUT2D eigenvalue weighted by Crippen LogP contribution is -2.51. The molecule has 1 saturated heterocycles. The van der Waals surface area contributed by atoms with Crippen LogP contribution in [0.15, 0.2) is 30.3 Å². The van der Waals surface area contributed by atoms with Crippen LogP contribution in [0, 0.1) is 0 Å². The molecule has 1 unspecified atom stereocenters.